The fourth-order valence-corrected chi connectivity index (χ4v) is 2.36. The van der Waals surface area contributed by atoms with Crippen LogP contribution < -0.4 is 5.32 Å². The average Bonchev–Trinajstić information content (AvgIpc) is 2.49. The number of benzene rings is 2. The van der Waals surface area contributed by atoms with Crippen LogP contribution >= 0.6 is 11.6 Å². The van der Waals surface area contributed by atoms with Crippen molar-refractivity contribution in [3.8, 4) is 0 Å². The number of nitrogens with zero attached hydrogens (tertiary/aromatic N) is 2. The third-order valence-electron chi connectivity index (χ3n) is 3.40. The van der Waals surface area contributed by atoms with Gasteiger partial charge in [0.15, 0.2) is 0 Å². The number of nitro groups is 1. The minimum Gasteiger partial charge on any atom is -0.323 e. The van der Waals surface area contributed by atoms with Gasteiger partial charge in [-0.15, -0.1) is 0 Å². The maximum absolute atomic E-state index is 12.2. The van der Waals surface area contributed by atoms with Crippen LogP contribution in [0, 0.1) is 17.0 Å². The van der Waals surface area contributed by atoms with Crippen molar-refractivity contribution in [1.82, 2.24) is 4.90 Å². The number of hydrogen-bond donors (Lipinski definition) is 1. The summed E-state index contributed by atoms with van der Waals surface area (Å²) in [6.45, 7) is 1.98. The number of halogens is 1. The van der Waals surface area contributed by atoms with E-state index < -0.39 is 4.92 Å². The zero-order chi connectivity index (χ0) is 17.0. The van der Waals surface area contributed by atoms with Gasteiger partial charge in [-0.05, 0) is 30.7 Å². The summed E-state index contributed by atoms with van der Waals surface area (Å²) >= 11 is 5.92. The molecule has 0 saturated heterocycles. The van der Waals surface area contributed by atoms with E-state index in [1.54, 1.807) is 32.2 Å². The lowest BCUT2D eigenvalue weighted by atomic mass is 10.1. The van der Waals surface area contributed by atoms with Gasteiger partial charge in [0, 0.05) is 24.7 Å². The number of carbonyl (C=O) groups excluding carboxylic acids is 1. The number of urea groups is 1. The highest BCUT2D eigenvalue weighted by Crippen LogP contribution is 2.25. The molecule has 0 saturated carbocycles. The van der Waals surface area contributed by atoms with Gasteiger partial charge in [-0.3, -0.25) is 10.1 Å². The molecule has 1 N–H and O–H groups in total. The standard InChI is InChI=1S/C16H16ClN3O3/c1-11-14(7-4-8-15(11)20(22)23)18-16(21)19(2)10-12-5-3-6-13(17)9-12/h3-9H,10H2,1-2H3,(H,18,21). The van der Waals surface area contributed by atoms with Crippen molar-refractivity contribution in [2.75, 3.05) is 12.4 Å². The molecule has 0 unspecified atom stereocenters. The van der Waals surface area contributed by atoms with Crippen LogP contribution in [0.1, 0.15) is 11.1 Å². The Bertz CT molecular complexity index is 749. The second kappa shape index (κ2) is 7.11. The Balaban J connectivity index is 2.10. The molecule has 120 valence electrons. The minimum atomic E-state index is -0.472. The number of nitrogens with one attached hydrogen (secondary N) is 1. The number of anilines is 1. The lowest BCUT2D eigenvalue weighted by molar-refractivity contribution is -0.385. The number of nitro benzene ring substituents is 1. The third kappa shape index (κ3) is 4.20. The van der Waals surface area contributed by atoms with E-state index in [0.29, 0.717) is 22.8 Å². The molecule has 6 nitrogen and oxygen atoms in total. The van der Waals surface area contributed by atoms with E-state index in [-0.39, 0.29) is 11.7 Å². The van der Waals surface area contributed by atoms with E-state index in [9.17, 15) is 14.9 Å². The summed E-state index contributed by atoms with van der Waals surface area (Å²) < 4.78 is 0. The first-order chi connectivity index (χ1) is 10.9. The molecule has 2 aromatic carbocycles. The van der Waals surface area contributed by atoms with E-state index >= 15 is 0 Å². The summed E-state index contributed by atoms with van der Waals surface area (Å²) in [4.78, 5) is 24.2. The molecule has 23 heavy (non-hydrogen) atoms. The molecule has 0 bridgehead atoms. The maximum Gasteiger partial charge on any atom is 0.321 e. The Morgan fingerprint density at radius 3 is 2.65 bits per heavy atom. The quantitative estimate of drug-likeness (QED) is 0.672. The molecule has 0 aromatic heterocycles. The normalized spacial score (nSPS) is 10.2. The molecule has 2 aromatic rings. The van der Waals surface area contributed by atoms with Crippen LogP contribution in [0.2, 0.25) is 5.02 Å². The average molecular weight is 334 g/mol. The summed E-state index contributed by atoms with van der Waals surface area (Å²) in [5.74, 6) is 0. The molecule has 2 amide bonds. The Kier molecular flexibility index (Phi) is 5.18. The lowest BCUT2D eigenvalue weighted by Crippen LogP contribution is -2.31. The number of amides is 2. The Hall–Kier alpha value is -2.60. The third-order valence-corrected chi connectivity index (χ3v) is 3.63. The molecule has 0 radical (unpaired) electrons. The van der Waals surface area contributed by atoms with Gasteiger partial charge in [0.2, 0.25) is 0 Å². The van der Waals surface area contributed by atoms with Crippen LogP contribution in [-0.2, 0) is 6.54 Å². The summed E-state index contributed by atoms with van der Waals surface area (Å²) in [6, 6.07) is 11.4. The summed E-state index contributed by atoms with van der Waals surface area (Å²) in [6.07, 6.45) is 0. The highest BCUT2D eigenvalue weighted by Gasteiger charge is 2.16. The number of rotatable bonds is 4. The summed E-state index contributed by atoms with van der Waals surface area (Å²) in [5.41, 5.74) is 1.70. The number of carbonyl (C=O) groups is 1. The van der Waals surface area contributed by atoms with Crippen molar-refractivity contribution in [2.24, 2.45) is 0 Å². The van der Waals surface area contributed by atoms with E-state index in [1.807, 2.05) is 12.1 Å². The number of hydrogen-bond acceptors (Lipinski definition) is 3. The monoisotopic (exact) mass is 333 g/mol. The molecule has 0 aliphatic rings. The molecule has 0 heterocycles. The molecule has 0 spiro atoms. The Labute approximate surface area is 138 Å². The zero-order valence-electron chi connectivity index (χ0n) is 12.7. The second-order valence-electron chi connectivity index (χ2n) is 5.12. The molecule has 0 fully saturated rings. The molecule has 7 heteroatoms. The first-order valence-electron chi connectivity index (χ1n) is 6.89. The summed E-state index contributed by atoms with van der Waals surface area (Å²) in [5, 5.41) is 14.2. The highest BCUT2D eigenvalue weighted by molar-refractivity contribution is 6.30. The van der Waals surface area contributed by atoms with Gasteiger partial charge in [0.25, 0.3) is 5.69 Å². The van der Waals surface area contributed by atoms with Crippen molar-refractivity contribution >= 4 is 29.0 Å². The molecular formula is C16H16ClN3O3. The van der Waals surface area contributed by atoms with Crippen LogP contribution in [0.3, 0.4) is 0 Å². The van der Waals surface area contributed by atoms with Gasteiger partial charge in [-0.25, -0.2) is 4.79 Å². The molecule has 2 rings (SSSR count). The van der Waals surface area contributed by atoms with Gasteiger partial charge in [-0.2, -0.15) is 0 Å². The van der Waals surface area contributed by atoms with Crippen LogP contribution in [0.5, 0.6) is 0 Å². The second-order valence-corrected chi connectivity index (χ2v) is 5.56. The fraction of sp³-hybridized carbons (Fsp3) is 0.188. The Morgan fingerprint density at radius 1 is 1.30 bits per heavy atom. The maximum atomic E-state index is 12.2. The minimum absolute atomic E-state index is 0.0275. The van der Waals surface area contributed by atoms with Crippen LogP contribution in [0.15, 0.2) is 42.5 Å². The van der Waals surface area contributed by atoms with E-state index in [1.165, 1.54) is 17.0 Å². The van der Waals surface area contributed by atoms with Crippen molar-refractivity contribution in [3.05, 3.63) is 68.7 Å². The van der Waals surface area contributed by atoms with Gasteiger partial charge in [-0.1, -0.05) is 29.8 Å². The topological polar surface area (TPSA) is 75.5 Å². The van der Waals surface area contributed by atoms with Crippen molar-refractivity contribution in [3.63, 3.8) is 0 Å². The first kappa shape index (κ1) is 16.8. The molecule has 0 aliphatic heterocycles. The van der Waals surface area contributed by atoms with Crippen molar-refractivity contribution in [2.45, 2.75) is 13.5 Å². The van der Waals surface area contributed by atoms with Gasteiger partial charge < -0.3 is 10.2 Å². The fourth-order valence-electron chi connectivity index (χ4n) is 2.15. The van der Waals surface area contributed by atoms with Gasteiger partial charge in [0.05, 0.1) is 16.2 Å². The largest absolute Gasteiger partial charge is 0.323 e. The lowest BCUT2D eigenvalue weighted by Gasteiger charge is -2.19. The highest BCUT2D eigenvalue weighted by atomic mass is 35.5. The predicted octanol–water partition coefficient (Wildman–Crippen LogP) is 4.22. The van der Waals surface area contributed by atoms with Gasteiger partial charge >= 0.3 is 6.03 Å². The van der Waals surface area contributed by atoms with E-state index in [0.717, 1.165) is 5.56 Å². The van der Waals surface area contributed by atoms with Crippen molar-refractivity contribution in [1.29, 1.82) is 0 Å². The predicted molar refractivity (Wildman–Crippen MR) is 89.8 cm³/mol. The van der Waals surface area contributed by atoms with Crippen LogP contribution in [0.4, 0.5) is 16.2 Å². The van der Waals surface area contributed by atoms with Crippen molar-refractivity contribution < 1.29 is 9.72 Å². The van der Waals surface area contributed by atoms with E-state index in [2.05, 4.69) is 5.32 Å². The smallest absolute Gasteiger partial charge is 0.321 e. The van der Waals surface area contributed by atoms with Gasteiger partial charge in [0.1, 0.15) is 0 Å². The van der Waals surface area contributed by atoms with E-state index in [4.69, 9.17) is 11.6 Å². The van der Waals surface area contributed by atoms with Crippen LogP contribution in [0.25, 0.3) is 0 Å². The van der Waals surface area contributed by atoms with Crippen LogP contribution in [-0.4, -0.2) is 22.9 Å². The first-order valence-corrected chi connectivity index (χ1v) is 7.27. The molecule has 0 aliphatic carbocycles. The Morgan fingerprint density at radius 2 is 2.00 bits per heavy atom. The zero-order valence-corrected chi connectivity index (χ0v) is 13.5. The molecular weight excluding hydrogens is 318 g/mol. The SMILES string of the molecule is Cc1c(NC(=O)N(C)Cc2cccc(Cl)c2)cccc1[N+](=O)[O-]. The molecule has 0 atom stereocenters. The summed E-state index contributed by atoms with van der Waals surface area (Å²) in [7, 11) is 1.64.